The maximum atomic E-state index is 2.48. The highest BCUT2D eigenvalue weighted by Gasteiger charge is 2.34. The van der Waals surface area contributed by atoms with Crippen molar-refractivity contribution in [2.75, 3.05) is 0 Å². The van der Waals surface area contributed by atoms with Gasteiger partial charge < -0.3 is 0 Å². The lowest BCUT2D eigenvalue weighted by atomic mass is 9.96. The fraction of sp³-hybridized carbons (Fsp3) is 0.300. The number of thioether (sulfide) groups is 1. The van der Waals surface area contributed by atoms with Crippen LogP contribution in [0.25, 0.3) is 6.08 Å². The van der Waals surface area contributed by atoms with E-state index in [1.165, 1.54) is 21.6 Å². The minimum atomic E-state index is 0.590. The van der Waals surface area contributed by atoms with Gasteiger partial charge in [-0.05, 0) is 43.7 Å². The van der Waals surface area contributed by atoms with E-state index in [0.717, 1.165) is 9.52 Å². The number of benzene rings is 1. The largest absolute Gasteiger partial charge is 0.0983 e. The number of fused-ring (bicyclic) bond motifs is 2. The molecule has 3 aliphatic rings. The van der Waals surface area contributed by atoms with Crippen LogP contribution in [0.15, 0.2) is 62.1 Å². The fourth-order valence-corrected chi connectivity index (χ4v) is 6.81. The molecule has 22 heavy (non-hydrogen) atoms. The SMILES string of the molecule is CC1=Cc2ccccc2C1[Si]C1=C(C)C2C(=C1)SC(C)=C2C. The van der Waals surface area contributed by atoms with E-state index in [1.54, 1.807) is 21.2 Å². The number of hydrogen-bond acceptors (Lipinski definition) is 1. The molecule has 0 aromatic heterocycles. The van der Waals surface area contributed by atoms with E-state index in [0.29, 0.717) is 11.5 Å². The third-order valence-corrected chi connectivity index (χ3v) is 8.26. The van der Waals surface area contributed by atoms with E-state index >= 15 is 0 Å². The van der Waals surface area contributed by atoms with Gasteiger partial charge in [0.2, 0.25) is 0 Å². The zero-order valence-electron chi connectivity index (χ0n) is 13.5. The first kappa shape index (κ1) is 14.3. The molecule has 2 heteroatoms. The van der Waals surface area contributed by atoms with Gasteiger partial charge in [0.05, 0.1) is 9.52 Å². The van der Waals surface area contributed by atoms with Gasteiger partial charge in [-0.3, -0.25) is 0 Å². The molecule has 2 radical (unpaired) electrons. The number of hydrogen-bond donors (Lipinski definition) is 0. The molecule has 0 fully saturated rings. The molecule has 2 unspecified atom stereocenters. The maximum Gasteiger partial charge on any atom is 0.0944 e. The molecule has 2 atom stereocenters. The van der Waals surface area contributed by atoms with Crippen LogP contribution in [0.3, 0.4) is 0 Å². The van der Waals surface area contributed by atoms with Gasteiger partial charge in [0.1, 0.15) is 0 Å². The van der Waals surface area contributed by atoms with Crippen molar-refractivity contribution in [3.8, 4) is 0 Å². The van der Waals surface area contributed by atoms with Gasteiger partial charge in [-0.15, -0.1) is 0 Å². The van der Waals surface area contributed by atoms with Crippen LogP contribution < -0.4 is 0 Å². The average Bonchev–Trinajstić information content (AvgIpc) is 3.07. The van der Waals surface area contributed by atoms with Gasteiger partial charge in [-0.1, -0.05) is 70.1 Å². The Morgan fingerprint density at radius 3 is 2.50 bits per heavy atom. The third-order valence-electron chi connectivity index (χ3n) is 5.13. The van der Waals surface area contributed by atoms with Gasteiger partial charge >= 0.3 is 0 Å². The standard InChI is InChI=1S/C20H20SSi/c1-11-9-15-7-5-6-8-16(15)20(11)22-18-10-17-19(13(18)3)12(2)14(4)21-17/h5-10,19-20H,1-4H3. The van der Waals surface area contributed by atoms with Crippen molar-refractivity contribution in [3.63, 3.8) is 0 Å². The highest BCUT2D eigenvalue weighted by atomic mass is 32.2. The highest BCUT2D eigenvalue weighted by Crippen LogP contribution is 2.52. The Labute approximate surface area is 139 Å². The second-order valence-electron chi connectivity index (χ2n) is 6.51. The van der Waals surface area contributed by atoms with Crippen molar-refractivity contribution in [2.24, 2.45) is 5.92 Å². The summed E-state index contributed by atoms with van der Waals surface area (Å²) in [5.74, 6) is 0.591. The van der Waals surface area contributed by atoms with Crippen molar-refractivity contribution < 1.29 is 0 Å². The lowest BCUT2D eigenvalue weighted by Gasteiger charge is -2.16. The quantitative estimate of drug-likeness (QED) is 0.632. The topological polar surface area (TPSA) is 0 Å². The maximum absolute atomic E-state index is 2.48. The molecular formula is C20H20SSi. The molecule has 0 spiro atoms. The Balaban J connectivity index is 1.66. The molecule has 2 aliphatic carbocycles. The normalized spacial score (nSPS) is 26.4. The van der Waals surface area contributed by atoms with Gasteiger partial charge in [-0.25, -0.2) is 0 Å². The van der Waals surface area contributed by atoms with E-state index in [9.17, 15) is 0 Å². The summed E-state index contributed by atoms with van der Waals surface area (Å²) in [4.78, 5) is 3.06. The predicted octanol–water partition coefficient (Wildman–Crippen LogP) is 5.68. The minimum Gasteiger partial charge on any atom is -0.0983 e. The molecule has 1 aliphatic heterocycles. The molecule has 1 heterocycles. The Bertz CT molecular complexity index is 792. The summed E-state index contributed by atoms with van der Waals surface area (Å²) in [7, 11) is 0.857. The summed E-state index contributed by atoms with van der Waals surface area (Å²) in [6, 6.07) is 8.88. The van der Waals surface area contributed by atoms with E-state index in [1.807, 2.05) is 11.8 Å². The Hall–Kier alpha value is -1.25. The first-order valence-electron chi connectivity index (χ1n) is 7.87. The van der Waals surface area contributed by atoms with Gasteiger partial charge in [0.15, 0.2) is 0 Å². The van der Waals surface area contributed by atoms with E-state index in [4.69, 9.17) is 0 Å². The molecule has 0 nitrogen and oxygen atoms in total. The second-order valence-corrected chi connectivity index (χ2v) is 9.20. The molecule has 1 aromatic rings. The highest BCUT2D eigenvalue weighted by molar-refractivity contribution is 8.07. The van der Waals surface area contributed by atoms with Crippen LogP contribution in [-0.4, -0.2) is 9.52 Å². The summed E-state index contributed by atoms with van der Waals surface area (Å²) < 4.78 is 0. The lowest BCUT2D eigenvalue weighted by molar-refractivity contribution is 0.901. The van der Waals surface area contributed by atoms with Crippen LogP contribution >= 0.6 is 11.8 Å². The zero-order valence-corrected chi connectivity index (χ0v) is 15.3. The first-order chi connectivity index (χ1) is 10.6. The number of rotatable bonds is 2. The fourth-order valence-electron chi connectivity index (χ4n) is 3.78. The Morgan fingerprint density at radius 2 is 1.73 bits per heavy atom. The van der Waals surface area contributed by atoms with Gasteiger partial charge in [0.25, 0.3) is 0 Å². The van der Waals surface area contributed by atoms with Crippen molar-refractivity contribution in [2.45, 2.75) is 33.2 Å². The van der Waals surface area contributed by atoms with E-state index < -0.39 is 0 Å². The third kappa shape index (κ3) is 2.04. The van der Waals surface area contributed by atoms with Crippen LogP contribution in [0.4, 0.5) is 0 Å². The summed E-state index contributed by atoms with van der Waals surface area (Å²) >= 11 is 1.98. The number of allylic oxidation sites excluding steroid dienone is 7. The molecule has 0 saturated heterocycles. The predicted molar refractivity (Wildman–Crippen MR) is 98.8 cm³/mol. The molecule has 1 aromatic carbocycles. The van der Waals surface area contributed by atoms with Crippen molar-refractivity contribution in [1.29, 1.82) is 0 Å². The molecule has 4 rings (SSSR count). The minimum absolute atomic E-state index is 0.590. The van der Waals surface area contributed by atoms with Crippen molar-refractivity contribution in [1.82, 2.24) is 0 Å². The summed E-state index contributed by atoms with van der Waals surface area (Å²) in [5, 5.41) is 1.59. The zero-order chi connectivity index (χ0) is 15.4. The van der Waals surface area contributed by atoms with E-state index in [2.05, 4.69) is 64.1 Å². The van der Waals surface area contributed by atoms with Crippen molar-refractivity contribution in [3.05, 3.63) is 73.2 Å². The summed E-state index contributed by atoms with van der Waals surface area (Å²) in [6.07, 6.45) is 4.85. The van der Waals surface area contributed by atoms with Crippen molar-refractivity contribution >= 4 is 27.4 Å². The van der Waals surface area contributed by atoms with Gasteiger partial charge in [0, 0.05) is 16.4 Å². The summed E-state index contributed by atoms with van der Waals surface area (Å²) in [6.45, 7) is 9.20. The van der Waals surface area contributed by atoms with Crippen LogP contribution in [-0.2, 0) is 0 Å². The Morgan fingerprint density at radius 1 is 0.955 bits per heavy atom. The van der Waals surface area contributed by atoms with Gasteiger partial charge in [-0.2, -0.15) is 0 Å². The molecular weight excluding hydrogens is 300 g/mol. The van der Waals surface area contributed by atoms with Crippen LogP contribution in [0.1, 0.15) is 44.4 Å². The molecule has 0 amide bonds. The Kier molecular flexibility index (Phi) is 3.35. The molecule has 0 N–H and O–H groups in total. The molecule has 110 valence electrons. The van der Waals surface area contributed by atoms with Crippen LogP contribution in [0, 0.1) is 5.92 Å². The smallest absolute Gasteiger partial charge is 0.0944 e. The van der Waals surface area contributed by atoms with E-state index in [-0.39, 0.29) is 0 Å². The van der Waals surface area contributed by atoms with Crippen LogP contribution in [0.2, 0.25) is 0 Å². The first-order valence-corrected chi connectivity index (χ1v) is 9.77. The second kappa shape index (κ2) is 5.14. The summed E-state index contributed by atoms with van der Waals surface area (Å²) in [5.41, 5.74) is 8.20. The monoisotopic (exact) mass is 320 g/mol. The molecule has 0 saturated carbocycles. The van der Waals surface area contributed by atoms with Crippen LogP contribution in [0.5, 0.6) is 0 Å². The molecule has 0 bridgehead atoms. The lowest BCUT2D eigenvalue weighted by Crippen LogP contribution is -2.10. The average molecular weight is 321 g/mol.